The van der Waals surface area contributed by atoms with Crippen LogP contribution in [0.3, 0.4) is 0 Å². The first kappa shape index (κ1) is 13.2. The van der Waals surface area contributed by atoms with E-state index in [-0.39, 0.29) is 5.91 Å². The third-order valence-corrected chi connectivity index (χ3v) is 2.85. The van der Waals surface area contributed by atoms with Crippen molar-refractivity contribution in [3.63, 3.8) is 0 Å². The van der Waals surface area contributed by atoms with Crippen molar-refractivity contribution in [1.82, 2.24) is 10.3 Å². The second kappa shape index (κ2) is 6.66. The number of nitrogens with one attached hydrogen (secondary N) is 1. The van der Waals surface area contributed by atoms with Crippen LogP contribution in [0.15, 0.2) is 54.9 Å². The number of carbonyl (C=O) groups excluding carboxylic acids is 1. The van der Waals surface area contributed by atoms with E-state index >= 15 is 0 Å². The van der Waals surface area contributed by atoms with Crippen LogP contribution in [-0.4, -0.2) is 16.9 Å². The van der Waals surface area contributed by atoms with Crippen LogP contribution in [0.2, 0.25) is 0 Å². The fourth-order valence-electron chi connectivity index (χ4n) is 1.78. The molecule has 1 amide bonds. The topological polar surface area (TPSA) is 68.0 Å². The van der Waals surface area contributed by atoms with Crippen LogP contribution in [0.1, 0.15) is 11.1 Å². The van der Waals surface area contributed by atoms with Gasteiger partial charge in [0.2, 0.25) is 5.91 Å². The summed E-state index contributed by atoms with van der Waals surface area (Å²) in [5.41, 5.74) is 7.95. The Hall–Kier alpha value is -2.20. The van der Waals surface area contributed by atoms with Crippen molar-refractivity contribution in [1.29, 1.82) is 0 Å². The van der Waals surface area contributed by atoms with E-state index in [0.29, 0.717) is 13.0 Å². The van der Waals surface area contributed by atoms with E-state index in [2.05, 4.69) is 10.3 Å². The van der Waals surface area contributed by atoms with Gasteiger partial charge in [-0.25, -0.2) is 0 Å². The number of carbonyl (C=O) groups is 1. The highest BCUT2D eigenvalue weighted by atomic mass is 16.2. The second-order valence-electron chi connectivity index (χ2n) is 4.37. The predicted molar refractivity (Wildman–Crippen MR) is 74.2 cm³/mol. The molecule has 1 aromatic heterocycles. The third-order valence-electron chi connectivity index (χ3n) is 2.85. The molecule has 0 aliphatic heterocycles. The summed E-state index contributed by atoms with van der Waals surface area (Å²) in [6.45, 7) is 0.504. The Kier molecular flexibility index (Phi) is 4.64. The standard InChI is InChI=1S/C15H17N3O/c16-14(10-12-6-8-17-9-7-12)15(19)18-11-13-4-2-1-3-5-13/h1-9,14H,10-11,16H2,(H,18,19)/t14-/m0/s1. The summed E-state index contributed by atoms with van der Waals surface area (Å²) in [5.74, 6) is -0.138. The van der Waals surface area contributed by atoms with E-state index in [4.69, 9.17) is 5.73 Å². The molecule has 1 aromatic carbocycles. The zero-order chi connectivity index (χ0) is 13.5. The van der Waals surface area contributed by atoms with Crippen LogP contribution in [0.25, 0.3) is 0 Å². The molecule has 2 aromatic rings. The number of nitrogens with zero attached hydrogens (tertiary/aromatic N) is 1. The average molecular weight is 255 g/mol. The lowest BCUT2D eigenvalue weighted by atomic mass is 10.1. The van der Waals surface area contributed by atoms with Gasteiger partial charge >= 0.3 is 0 Å². The normalized spacial score (nSPS) is 11.8. The summed E-state index contributed by atoms with van der Waals surface area (Å²) in [5, 5.41) is 2.84. The Morgan fingerprint density at radius 2 is 1.79 bits per heavy atom. The average Bonchev–Trinajstić information content (AvgIpc) is 2.47. The van der Waals surface area contributed by atoms with Gasteiger partial charge in [-0.3, -0.25) is 9.78 Å². The number of benzene rings is 1. The lowest BCUT2D eigenvalue weighted by molar-refractivity contribution is -0.122. The van der Waals surface area contributed by atoms with Crippen LogP contribution >= 0.6 is 0 Å². The van der Waals surface area contributed by atoms with Gasteiger partial charge in [-0.15, -0.1) is 0 Å². The Morgan fingerprint density at radius 1 is 1.11 bits per heavy atom. The number of amides is 1. The molecule has 0 saturated carbocycles. The highest BCUT2D eigenvalue weighted by Gasteiger charge is 2.13. The zero-order valence-corrected chi connectivity index (χ0v) is 10.6. The highest BCUT2D eigenvalue weighted by Crippen LogP contribution is 2.01. The minimum absolute atomic E-state index is 0.138. The molecule has 0 fully saturated rings. The van der Waals surface area contributed by atoms with E-state index in [1.807, 2.05) is 42.5 Å². The van der Waals surface area contributed by atoms with Crippen molar-refractivity contribution in [3.8, 4) is 0 Å². The summed E-state index contributed by atoms with van der Waals surface area (Å²) in [7, 11) is 0. The van der Waals surface area contributed by atoms with Crippen molar-refractivity contribution in [2.45, 2.75) is 19.0 Å². The lowest BCUT2D eigenvalue weighted by Gasteiger charge is -2.12. The van der Waals surface area contributed by atoms with E-state index in [1.165, 1.54) is 0 Å². The molecule has 0 aliphatic rings. The number of hydrogen-bond acceptors (Lipinski definition) is 3. The van der Waals surface area contributed by atoms with Gasteiger partial charge < -0.3 is 11.1 Å². The van der Waals surface area contributed by atoms with Crippen LogP contribution in [0, 0.1) is 0 Å². The maximum Gasteiger partial charge on any atom is 0.237 e. The molecule has 1 atom stereocenters. The first-order valence-corrected chi connectivity index (χ1v) is 6.22. The monoisotopic (exact) mass is 255 g/mol. The molecule has 0 saturated heterocycles. The first-order chi connectivity index (χ1) is 9.25. The zero-order valence-electron chi connectivity index (χ0n) is 10.6. The van der Waals surface area contributed by atoms with Crippen molar-refractivity contribution >= 4 is 5.91 Å². The summed E-state index contributed by atoms with van der Waals surface area (Å²) in [6, 6.07) is 13.0. The molecule has 0 spiro atoms. The van der Waals surface area contributed by atoms with Crippen molar-refractivity contribution in [2.24, 2.45) is 5.73 Å². The third kappa shape index (κ3) is 4.19. The molecule has 3 N–H and O–H groups in total. The Labute approximate surface area is 112 Å². The number of hydrogen-bond donors (Lipinski definition) is 2. The van der Waals surface area contributed by atoms with Crippen LogP contribution in [0.5, 0.6) is 0 Å². The number of rotatable bonds is 5. The molecule has 4 heteroatoms. The minimum atomic E-state index is -0.536. The summed E-state index contributed by atoms with van der Waals surface area (Å²) < 4.78 is 0. The maximum absolute atomic E-state index is 11.9. The van der Waals surface area contributed by atoms with Crippen LogP contribution < -0.4 is 11.1 Å². The molecule has 0 aliphatic carbocycles. The van der Waals surface area contributed by atoms with E-state index in [9.17, 15) is 4.79 Å². The van der Waals surface area contributed by atoms with Gasteiger partial charge in [-0.2, -0.15) is 0 Å². The van der Waals surface area contributed by atoms with Gasteiger partial charge in [-0.05, 0) is 29.7 Å². The first-order valence-electron chi connectivity index (χ1n) is 6.22. The number of pyridine rings is 1. The van der Waals surface area contributed by atoms with E-state index in [0.717, 1.165) is 11.1 Å². The van der Waals surface area contributed by atoms with Crippen molar-refractivity contribution in [3.05, 3.63) is 66.0 Å². The van der Waals surface area contributed by atoms with Gasteiger partial charge in [0.15, 0.2) is 0 Å². The molecule has 19 heavy (non-hydrogen) atoms. The molecule has 98 valence electrons. The number of nitrogens with two attached hydrogens (primary N) is 1. The van der Waals surface area contributed by atoms with Gasteiger partial charge in [0.1, 0.15) is 0 Å². The largest absolute Gasteiger partial charge is 0.351 e. The van der Waals surface area contributed by atoms with Crippen LogP contribution in [0.4, 0.5) is 0 Å². The fourth-order valence-corrected chi connectivity index (χ4v) is 1.78. The van der Waals surface area contributed by atoms with Gasteiger partial charge in [0, 0.05) is 18.9 Å². The van der Waals surface area contributed by atoms with Gasteiger partial charge in [0.25, 0.3) is 0 Å². The predicted octanol–water partition coefficient (Wildman–Crippen LogP) is 1.27. The van der Waals surface area contributed by atoms with Crippen molar-refractivity contribution < 1.29 is 4.79 Å². The molecule has 4 nitrogen and oxygen atoms in total. The fraction of sp³-hybridized carbons (Fsp3) is 0.200. The Morgan fingerprint density at radius 3 is 2.47 bits per heavy atom. The second-order valence-corrected chi connectivity index (χ2v) is 4.37. The van der Waals surface area contributed by atoms with E-state index in [1.54, 1.807) is 12.4 Å². The Bertz CT molecular complexity index is 513. The quantitative estimate of drug-likeness (QED) is 0.845. The lowest BCUT2D eigenvalue weighted by Crippen LogP contribution is -2.41. The summed E-state index contributed by atoms with van der Waals surface area (Å²) in [4.78, 5) is 15.8. The Balaban J connectivity index is 1.83. The summed E-state index contributed by atoms with van der Waals surface area (Å²) in [6.07, 6.45) is 3.91. The maximum atomic E-state index is 11.9. The molecular formula is C15H17N3O. The molecule has 0 radical (unpaired) electrons. The van der Waals surface area contributed by atoms with E-state index < -0.39 is 6.04 Å². The molecule has 1 heterocycles. The smallest absolute Gasteiger partial charge is 0.237 e. The number of aromatic nitrogens is 1. The SMILES string of the molecule is N[C@@H](Cc1ccncc1)C(=O)NCc1ccccc1. The van der Waals surface area contributed by atoms with Gasteiger partial charge in [0.05, 0.1) is 6.04 Å². The van der Waals surface area contributed by atoms with Crippen LogP contribution in [-0.2, 0) is 17.8 Å². The highest BCUT2D eigenvalue weighted by molar-refractivity contribution is 5.81. The molecule has 0 unspecified atom stereocenters. The molecule has 0 bridgehead atoms. The molecular weight excluding hydrogens is 238 g/mol. The minimum Gasteiger partial charge on any atom is -0.351 e. The van der Waals surface area contributed by atoms with Gasteiger partial charge in [-0.1, -0.05) is 30.3 Å². The van der Waals surface area contributed by atoms with Crippen molar-refractivity contribution in [2.75, 3.05) is 0 Å². The summed E-state index contributed by atoms with van der Waals surface area (Å²) >= 11 is 0. The molecule has 2 rings (SSSR count).